The van der Waals surface area contributed by atoms with Gasteiger partial charge in [-0.1, -0.05) is 0 Å². The Morgan fingerprint density at radius 1 is 1.44 bits per heavy atom. The maximum Gasteiger partial charge on any atom is 0.0986 e. The maximum atomic E-state index is 5.63. The Labute approximate surface area is 103 Å². The zero-order valence-corrected chi connectivity index (χ0v) is 11.1. The monoisotopic (exact) mass is 245 g/mol. The van der Waals surface area contributed by atoms with Crippen LogP contribution in [0.1, 0.15) is 26.2 Å². The van der Waals surface area contributed by atoms with Gasteiger partial charge in [0.2, 0.25) is 0 Å². The van der Waals surface area contributed by atoms with Gasteiger partial charge in [0.1, 0.15) is 0 Å². The predicted molar refractivity (Wildman–Crippen MR) is 68.1 cm³/mol. The van der Waals surface area contributed by atoms with Gasteiger partial charge in [0.15, 0.2) is 0 Å². The molecule has 1 saturated carbocycles. The van der Waals surface area contributed by atoms with E-state index < -0.39 is 0 Å². The molecular formula is C12H23NO2S. The van der Waals surface area contributed by atoms with E-state index in [1.807, 2.05) is 6.92 Å². The average Bonchev–Trinajstić information content (AvgIpc) is 2.29. The number of hydrogen-bond donors (Lipinski definition) is 1. The van der Waals surface area contributed by atoms with Gasteiger partial charge in [-0.3, -0.25) is 0 Å². The van der Waals surface area contributed by atoms with Crippen molar-refractivity contribution in [2.24, 2.45) is 0 Å². The van der Waals surface area contributed by atoms with Gasteiger partial charge in [-0.05, 0) is 31.9 Å². The highest BCUT2D eigenvalue weighted by atomic mass is 32.2. The van der Waals surface area contributed by atoms with Crippen molar-refractivity contribution in [3.8, 4) is 0 Å². The molecule has 1 heterocycles. The molecule has 4 heteroatoms. The van der Waals surface area contributed by atoms with Crippen LogP contribution in [0.2, 0.25) is 0 Å². The molecule has 0 aromatic carbocycles. The summed E-state index contributed by atoms with van der Waals surface area (Å²) in [5, 5.41) is 3.72. The first-order valence-corrected chi connectivity index (χ1v) is 7.48. The fourth-order valence-corrected chi connectivity index (χ4v) is 3.70. The highest BCUT2D eigenvalue weighted by molar-refractivity contribution is 7.99. The van der Waals surface area contributed by atoms with Crippen LogP contribution in [0.25, 0.3) is 0 Å². The third-order valence-electron chi connectivity index (χ3n) is 3.51. The van der Waals surface area contributed by atoms with Crippen molar-refractivity contribution >= 4 is 11.8 Å². The van der Waals surface area contributed by atoms with E-state index >= 15 is 0 Å². The molecule has 3 nitrogen and oxygen atoms in total. The van der Waals surface area contributed by atoms with E-state index in [1.54, 1.807) is 7.11 Å². The van der Waals surface area contributed by atoms with Crippen LogP contribution in [-0.4, -0.2) is 49.5 Å². The van der Waals surface area contributed by atoms with E-state index in [0.29, 0.717) is 18.2 Å². The lowest BCUT2D eigenvalue weighted by Crippen LogP contribution is -2.62. The second-order valence-corrected chi connectivity index (χ2v) is 5.77. The molecule has 0 amide bonds. The van der Waals surface area contributed by atoms with Gasteiger partial charge >= 0.3 is 0 Å². The van der Waals surface area contributed by atoms with E-state index in [1.165, 1.54) is 24.3 Å². The normalized spacial score (nSPS) is 39.4. The third kappa shape index (κ3) is 2.92. The molecule has 2 aliphatic rings. The summed E-state index contributed by atoms with van der Waals surface area (Å²) in [7, 11) is 1.79. The first kappa shape index (κ1) is 12.7. The van der Waals surface area contributed by atoms with Crippen molar-refractivity contribution in [2.75, 3.05) is 25.2 Å². The molecule has 2 rings (SSSR count). The molecule has 0 radical (unpaired) electrons. The van der Waals surface area contributed by atoms with Gasteiger partial charge in [0.05, 0.1) is 12.2 Å². The van der Waals surface area contributed by atoms with Gasteiger partial charge in [0, 0.05) is 31.6 Å². The molecule has 1 aliphatic heterocycles. The van der Waals surface area contributed by atoms with Gasteiger partial charge in [-0.25, -0.2) is 0 Å². The van der Waals surface area contributed by atoms with E-state index in [2.05, 4.69) is 17.1 Å². The van der Waals surface area contributed by atoms with E-state index in [9.17, 15) is 0 Å². The Hall–Kier alpha value is 0.230. The Balaban J connectivity index is 1.73. The van der Waals surface area contributed by atoms with Crippen LogP contribution in [0, 0.1) is 0 Å². The summed E-state index contributed by atoms with van der Waals surface area (Å²) >= 11 is 2.06. The van der Waals surface area contributed by atoms with Crippen LogP contribution >= 0.6 is 11.8 Å². The van der Waals surface area contributed by atoms with Crippen LogP contribution in [-0.2, 0) is 9.47 Å². The number of hydrogen-bond acceptors (Lipinski definition) is 4. The fourth-order valence-electron chi connectivity index (χ4n) is 2.61. The van der Waals surface area contributed by atoms with Crippen molar-refractivity contribution in [1.29, 1.82) is 0 Å². The SMILES string of the molecule is CCOC1CC(NC2CCCSC2)C1OC. The van der Waals surface area contributed by atoms with Crippen molar-refractivity contribution < 1.29 is 9.47 Å². The molecule has 4 atom stereocenters. The smallest absolute Gasteiger partial charge is 0.0986 e. The zero-order valence-electron chi connectivity index (χ0n) is 10.3. The number of nitrogens with one attached hydrogen (secondary N) is 1. The van der Waals surface area contributed by atoms with Gasteiger partial charge in [-0.2, -0.15) is 11.8 Å². The van der Waals surface area contributed by atoms with Gasteiger partial charge in [-0.15, -0.1) is 0 Å². The van der Waals surface area contributed by atoms with E-state index in [-0.39, 0.29) is 6.10 Å². The Kier molecular flexibility index (Phi) is 4.95. The summed E-state index contributed by atoms with van der Waals surface area (Å²) in [5.74, 6) is 2.59. The minimum absolute atomic E-state index is 0.256. The molecule has 0 aromatic rings. The third-order valence-corrected chi connectivity index (χ3v) is 4.73. The van der Waals surface area contributed by atoms with Crippen molar-refractivity contribution in [2.45, 2.75) is 50.5 Å². The average molecular weight is 245 g/mol. The van der Waals surface area contributed by atoms with Gasteiger partial charge < -0.3 is 14.8 Å². The lowest BCUT2D eigenvalue weighted by atomic mass is 9.84. The largest absolute Gasteiger partial charge is 0.377 e. The minimum Gasteiger partial charge on any atom is -0.377 e. The first-order chi connectivity index (χ1) is 7.85. The first-order valence-electron chi connectivity index (χ1n) is 6.33. The molecule has 0 aromatic heterocycles. The molecular weight excluding hydrogens is 222 g/mol. The van der Waals surface area contributed by atoms with E-state index in [0.717, 1.165) is 13.0 Å². The molecule has 4 unspecified atom stereocenters. The van der Waals surface area contributed by atoms with Crippen molar-refractivity contribution in [3.63, 3.8) is 0 Å². The van der Waals surface area contributed by atoms with Gasteiger partial charge in [0.25, 0.3) is 0 Å². The highest BCUT2D eigenvalue weighted by Crippen LogP contribution is 2.28. The van der Waals surface area contributed by atoms with Crippen LogP contribution in [0.3, 0.4) is 0 Å². The van der Waals surface area contributed by atoms with Crippen molar-refractivity contribution in [1.82, 2.24) is 5.32 Å². The Morgan fingerprint density at radius 2 is 2.31 bits per heavy atom. The summed E-state index contributed by atoms with van der Waals surface area (Å²) in [6.45, 7) is 2.84. The molecule has 16 heavy (non-hydrogen) atoms. The molecule has 0 bridgehead atoms. The molecule has 0 spiro atoms. The van der Waals surface area contributed by atoms with E-state index in [4.69, 9.17) is 9.47 Å². The number of ether oxygens (including phenoxy) is 2. The second-order valence-electron chi connectivity index (χ2n) is 4.62. The summed E-state index contributed by atoms with van der Waals surface area (Å²) in [6, 6.07) is 1.19. The fraction of sp³-hybridized carbons (Fsp3) is 1.00. The summed E-state index contributed by atoms with van der Waals surface area (Å²) < 4.78 is 11.1. The quantitative estimate of drug-likeness (QED) is 0.798. The molecule has 2 fully saturated rings. The highest BCUT2D eigenvalue weighted by Gasteiger charge is 2.42. The number of thioether (sulfide) groups is 1. The minimum atomic E-state index is 0.256. The Morgan fingerprint density at radius 3 is 2.94 bits per heavy atom. The van der Waals surface area contributed by atoms with Crippen LogP contribution < -0.4 is 5.32 Å². The summed E-state index contributed by atoms with van der Waals surface area (Å²) in [6.07, 6.45) is 4.34. The zero-order chi connectivity index (χ0) is 11.4. The summed E-state index contributed by atoms with van der Waals surface area (Å²) in [4.78, 5) is 0. The molecule has 1 saturated heterocycles. The standard InChI is InChI=1S/C12H23NO2S/c1-3-15-11-7-10(12(11)14-2)13-9-5-4-6-16-8-9/h9-13H,3-8H2,1-2H3. The number of rotatable bonds is 5. The van der Waals surface area contributed by atoms with Crippen LogP contribution in [0.15, 0.2) is 0 Å². The summed E-state index contributed by atoms with van der Waals surface area (Å²) in [5.41, 5.74) is 0. The lowest BCUT2D eigenvalue weighted by molar-refractivity contribution is -0.132. The van der Waals surface area contributed by atoms with Crippen LogP contribution in [0.4, 0.5) is 0 Å². The molecule has 1 N–H and O–H groups in total. The maximum absolute atomic E-state index is 5.63. The lowest BCUT2D eigenvalue weighted by Gasteiger charge is -2.45. The van der Waals surface area contributed by atoms with Crippen molar-refractivity contribution in [3.05, 3.63) is 0 Å². The second kappa shape index (κ2) is 6.24. The predicted octanol–water partition coefficient (Wildman–Crippen LogP) is 1.66. The number of methoxy groups -OCH3 is 1. The topological polar surface area (TPSA) is 30.5 Å². The van der Waals surface area contributed by atoms with Crippen LogP contribution in [0.5, 0.6) is 0 Å². The Bertz CT molecular complexity index is 209. The molecule has 1 aliphatic carbocycles. The molecule has 94 valence electrons.